The van der Waals surface area contributed by atoms with Crippen LogP contribution in [0, 0.1) is 0 Å². The first-order chi connectivity index (χ1) is 11.5. The number of hydrogen-bond acceptors (Lipinski definition) is 4. The standard InChI is InChI=1S/C17H22N4O3/c1-19-14(16(23)20(2)17(19)24)11-15(22)18-8-10-21-9-7-12-5-3-4-6-13(12)21/h3-6,14H,7-11H2,1-2H3,(H,18,22). The number of likely N-dealkylation sites (N-methyl/N-ethyl adjacent to an activating group) is 2. The molecular weight excluding hydrogens is 308 g/mol. The molecule has 128 valence electrons. The Bertz CT molecular complexity index is 676. The van der Waals surface area contributed by atoms with Gasteiger partial charge in [-0.15, -0.1) is 0 Å². The van der Waals surface area contributed by atoms with Crippen LogP contribution in [0.15, 0.2) is 24.3 Å². The average molecular weight is 330 g/mol. The van der Waals surface area contributed by atoms with E-state index in [0.29, 0.717) is 6.54 Å². The number of imide groups is 1. The molecule has 0 aliphatic carbocycles. The number of benzene rings is 1. The van der Waals surface area contributed by atoms with Crippen molar-refractivity contribution in [3.05, 3.63) is 29.8 Å². The van der Waals surface area contributed by atoms with Gasteiger partial charge in [-0.05, 0) is 18.1 Å². The van der Waals surface area contributed by atoms with E-state index < -0.39 is 6.04 Å². The first kappa shape index (κ1) is 16.3. The Kier molecular flexibility index (Phi) is 4.42. The minimum atomic E-state index is -0.699. The molecule has 1 aromatic carbocycles. The van der Waals surface area contributed by atoms with Gasteiger partial charge in [-0.25, -0.2) is 4.79 Å². The lowest BCUT2D eigenvalue weighted by Gasteiger charge is -2.20. The van der Waals surface area contributed by atoms with Crippen LogP contribution in [0.3, 0.4) is 0 Å². The van der Waals surface area contributed by atoms with E-state index in [1.807, 2.05) is 12.1 Å². The van der Waals surface area contributed by atoms with Crippen LogP contribution in [0.1, 0.15) is 12.0 Å². The number of amides is 4. The van der Waals surface area contributed by atoms with Gasteiger partial charge in [-0.3, -0.25) is 14.5 Å². The Labute approximate surface area is 141 Å². The Balaban J connectivity index is 1.47. The molecule has 0 bridgehead atoms. The summed E-state index contributed by atoms with van der Waals surface area (Å²) < 4.78 is 0. The molecule has 1 fully saturated rings. The molecule has 1 N–H and O–H groups in total. The first-order valence-electron chi connectivity index (χ1n) is 8.13. The highest BCUT2D eigenvalue weighted by Crippen LogP contribution is 2.26. The lowest BCUT2D eigenvalue weighted by Crippen LogP contribution is -2.39. The van der Waals surface area contributed by atoms with E-state index in [2.05, 4.69) is 22.3 Å². The van der Waals surface area contributed by atoms with Crippen LogP contribution >= 0.6 is 0 Å². The monoisotopic (exact) mass is 330 g/mol. The quantitative estimate of drug-likeness (QED) is 0.796. The fourth-order valence-corrected chi connectivity index (χ4v) is 3.29. The third-order valence-corrected chi connectivity index (χ3v) is 4.74. The van der Waals surface area contributed by atoms with Crippen molar-refractivity contribution < 1.29 is 14.4 Å². The molecule has 0 aromatic heterocycles. The van der Waals surface area contributed by atoms with Crippen molar-refractivity contribution in [2.24, 2.45) is 0 Å². The summed E-state index contributed by atoms with van der Waals surface area (Å²) in [5, 5.41) is 2.85. The van der Waals surface area contributed by atoms with Crippen LogP contribution in [0.2, 0.25) is 0 Å². The molecule has 2 aliphatic rings. The summed E-state index contributed by atoms with van der Waals surface area (Å²) in [6.07, 6.45) is 1.03. The van der Waals surface area contributed by atoms with Crippen molar-refractivity contribution in [2.75, 3.05) is 38.6 Å². The summed E-state index contributed by atoms with van der Waals surface area (Å²) in [7, 11) is 2.98. The number of nitrogens with one attached hydrogen (secondary N) is 1. The second-order valence-electron chi connectivity index (χ2n) is 6.23. The highest BCUT2D eigenvalue weighted by Gasteiger charge is 2.41. The smallest absolute Gasteiger partial charge is 0.326 e. The maximum absolute atomic E-state index is 12.1. The molecule has 1 saturated heterocycles. The van der Waals surface area contributed by atoms with Gasteiger partial charge in [-0.2, -0.15) is 0 Å². The maximum Gasteiger partial charge on any atom is 0.326 e. The lowest BCUT2D eigenvalue weighted by atomic mass is 10.2. The molecule has 7 heteroatoms. The van der Waals surface area contributed by atoms with E-state index in [-0.39, 0.29) is 24.3 Å². The Morgan fingerprint density at radius 1 is 1.25 bits per heavy atom. The number of urea groups is 1. The second kappa shape index (κ2) is 6.51. The first-order valence-corrected chi connectivity index (χ1v) is 8.13. The summed E-state index contributed by atoms with van der Waals surface area (Å²) in [4.78, 5) is 40.4. The molecule has 24 heavy (non-hydrogen) atoms. The lowest BCUT2D eigenvalue weighted by molar-refractivity contribution is -0.131. The second-order valence-corrected chi connectivity index (χ2v) is 6.23. The van der Waals surface area contributed by atoms with Gasteiger partial charge in [0.1, 0.15) is 6.04 Å². The summed E-state index contributed by atoms with van der Waals surface area (Å²) >= 11 is 0. The van der Waals surface area contributed by atoms with Crippen LogP contribution < -0.4 is 10.2 Å². The SMILES string of the molecule is CN1C(=O)C(CC(=O)NCCN2CCc3ccccc32)N(C)C1=O. The maximum atomic E-state index is 12.1. The van der Waals surface area contributed by atoms with Gasteiger partial charge in [-0.1, -0.05) is 18.2 Å². The van der Waals surface area contributed by atoms with Crippen molar-refractivity contribution in [1.82, 2.24) is 15.1 Å². The molecule has 1 atom stereocenters. The van der Waals surface area contributed by atoms with Crippen molar-refractivity contribution in [3.63, 3.8) is 0 Å². The predicted molar refractivity (Wildman–Crippen MR) is 89.7 cm³/mol. The number of hydrogen-bond donors (Lipinski definition) is 1. The average Bonchev–Trinajstić information content (AvgIpc) is 3.07. The largest absolute Gasteiger partial charge is 0.369 e. The third-order valence-electron chi connectivity index (χ3n) is 4.74. The topological polar surface area (TPSA) is 73.0 Å². The number of rotatable bonds is 5. The van der Waals surface area contributed by atoms with Gasteiger partial charge < -0.3 is 15.1 Å². The van der Waals surface area contributed by atoms with Gasteiger partial charge >= 0.3 is 6.03 Å². The number of fused-ring (bicyclic) bond motifs is 1. The van der Waals surface area contributed by atoms with Gasteiger partial charge in [0.15, 0.2) is 0 Å². The molecule has 1 aromatic rings. The fraction of sp³-hybridized carbons (Fsp3) is 0.471. The fourth-order valence-electron chi connectivity index (χ4n) is 3.29. The molecule has 4 amide bonds. The highest BCUT2D eigenvalue weighted by molar-refractivity contribution is 6.05. The molecule has 2 aliphatic heterocycles. The van der Waals surface area contributed by atoms with Crippen LogP contribution in [0.4, 0.5) is 10.5 Å². The van der Waals surface area contributed by atoms with E-state index in [1.54, 1.807) is 7.05 Å². The third kappa shape index (κ3) is 2.93. The van der Waals surface area contributed by atoms with Gasteiger partial charge in [0.25, 0.3) is 5.91 Å². The summed E-state index contributed by atoms with van der Waals surface area (Å²) in [6.45, 7) is 2.20. The van der Waals surface area contributed by atoms with Crippen molar-refractivity contribution in [1.29, 1.82) is 0 Å². The van der Waals surface area contributed by atoms with Gasteiger partial charge in [0.2, 0.25) is 5.91 Å². The highest BCUT2D eigenvalue weighted by atomic mass is 16.2. The zero-order chi connectivity index (χ0) is 17.3. The summed E-state index contributed by atoms with van der Waals surface area (Å²) in [5.41, 5.74) is 2.56. The molecule has 0 saturated carbocycles. The number of carbonyl (C=O) groups is 3. The van der Waals surface area contributed by atoms with E-state index in [0.717, 1.165) is 24.4 Å². The normalized spacial score (nSPS) is 19.9. The minimum Gasteiger partial charge on any atom is -0.369 e. The van der Waals surface area contributed by atoms with E-state index in [1.165, 1.54) is 23.2 Å². The zero-order valence-electron chi connectivity index (χ0n) is 14.0. The predicted octanol–water partition coefficient (Wildman–Crippen LogP) is 0.448. The molecule has 2 heterocycles. The molecule has 3 rings (SSSR count). The molecule has 1 unspecified atom stereocenters. The number of nitrogens with zero attached hydrogens (tertiary/aromatic N) is 3. The Morgan fingerprint density at radius 2 is 2.00 bits per heavy atom. The van der Waals surface area contributed by atoms with Crippen molar-refractivity contribution in [2.45, 2.75) is 18.9 Å². The summed E-state index contributed by atoms with van der Waals surface area (Å²) in [6, 6.07) is 7.21. The molecule has 7 nitrogen and oxygen atoms in total. The van der Waals surface area contributed by atoms with Crippen molar-refractivity contribution >= 4 is 23.5 Å². The van der Waals surface area contributed by atoms with Crippen molar-refractivity contribution in [3.8, 4) is 0 Å². The van der Waals surface area contributed by atoms with E-state index in [9.17, 15) is 14.4 Å². The van der Waals surface area contributed by atoms with Crippen LogP contribution in [-0.2, 0) is 16.0 Å². The zero-order valence-corrected chi connectivity index (χ0v) is 14.0. The molecule has 0 spiro atoms. The minimum absolute atomic E-state index is 0.00198. The number of anilines is 1. The molecular formula is C17H22N4O3. The Hall–Kier alpha value is -2.57. The van der Waals surface area contributed by atoms with Gasteiger partial charge in [0.05, 0.1) is 6.42 Å². The van der Waals surface area contributed by atoms with E-state index >= 15 is 0 Å². The van der Waals surface area contributed by atoms with Crippen LogP contribution in [0.25, 0.3) is 0 Å². The Morgan fingerprint density at radius 3 is 2.71 bits per heavy atom. The number of carbonyl (C=O) groups excluding carboxylic acids is 3. The van der Waals surface area contributed by atoms with Gasteiger partial charge in [0, 0.05) is 39.4 Å². The van der Waals surface area contributed by atoms with E-state index in [4.69, 9.17) is 0 Å². The van der Waals surface area contributed by atoms with Crippen LogP contribution in [-0.4, -0.2) is 67.4 Å². The molecule has 0 radical (unpaired) electrons. The van der Waals surface area contributed by atoms with Crippen LogP contribution in [0.5, 0.6) is 0 Å². The summed E-state index contributed by atoms with van der Waals surface area (Å²) in [5.74, 6) is -0.540. The number of para-hydroxylation sites is 1.